The van der Waals surface area contributed by atoms with Crippen LogP contribution in [0.4, 0.5) is 17.1 Å². The molecule has 294 valence electrons. The number of hydrogen-bond acceptors (Lipinski definition) is 1. The Hall–Kier alpha value is -8.00. The van der Waals surface area contributed by atoms with Gasteiger partial charge >= 0.3 is 0 Å². The standard InChI is InChI=1S/C62H41N/c1-4-18-42(19-5-1)43-32-35-47(36-33-43)63(46-22-8-3-9-23-46)48-37-39-54-53-38-34-45(40-59(53)62(60(54)41-48)57-30-16-12-26-51(57)52-27-13-17-31-58(52)62)61(44-20-6-2-7-21-44)55-28-14-10-24-49(55)50-25-11-15-29-56(50)61/h1-41H. The van der Waals surface area contributed by atoms with Gasteiger partial charge in [0.15, 0.2) is 0 Å². The van der Waals surface area contributed by atoms with Crippen LogP contribution in [0.15, 0.2) is 249 Å². The van der Waals surface area contributed by atoms with Gasteiger partial charge in [-0.2, -0.15) is 0 Å². The van der Waals surface area contributed by atoms with E-state index in [0.29, 0.717) is 0 Å². The third-order valence-corrected chi connectivity index (χ3v) is 14.2. The van der Waals surface area contributed by atoms with E-state index < -0.39 is 10.8 Å². The van der Waals surface area contributed by atoms with E-state index in [0.717, 1.165) is 17.1 Å². The van der Waals surface area contributed by atoms with Crippen molar-refractivity contribution in [2.45, 2.75) is 10.8 Å². The molecular weight excluding hydrogens is 759 g/mol. The number of rotatable bonds is 6. The fourth-order valence-corrected chi connectivity index (χ4v) is 11.7. The van der Waals surface area contributed by atoms with Gasteiger partial charge in [0.2, 0.25) is 0 Å². The average molecular weight is 800 g/mol. The first kappa shape index (κ1) is 35.7. The normalized spacial score (nSPS) is 14.0. The summed E-state index contributed by atoms with van der Waals surface area (Å²) in [4.78, 5) is 2.42. The topological polar surface area (TPSA) is 3.24 Å². The molecule has 0 unspecified atom stereocenters. The molecule has 3 aliphatic rings. The van der Waals surface area contributed by atoms with E-state index in [1.165, 1.54) is 89.0 Å². The number of para-hydroxylation sites is 1. The van der Waals surface area contributed by atoms with Gasteiger partial charge in [-0.25, -0.2) is 0 Å². The van der Waals surface area contributed by atoms with Gasteiger partial charge in [-0.15, -0.1) is 0 Å². The lowest BCUT2D eigenvalue weighted by Gasteiger charge is -2.36. The minimum Gasteiger partial charge on any atom is -0.310 e. The van der Waals surface area contributed by atoms with Crippen LogP contribution in [0, 0.1) is 0 Å². The zero-order valence-electron chi connectivity index (χ0n) is 34.6. The van der Waals surface area contributed by atoms with Crippen LogP contribution in [-0.4, -0.2) is 0 Å². The zero-order valence-corrected chi connectivity index (χ0v) is 34.6. The van der Waals surface area contributed by atoms with Crippen molar-refractivity contribution in [1.29, 1.82) is 0 Å². The highest BCUT2D eigenvalue weighted by molar-refractivity contribution is 5.97. The van der Waals surface area contributed by atoms with Gasteiger partial charge in [0.05, 0.1) is 10.8 Å². The molecular formula is C62H41N. The van der Waals surface area contributed by atoms with E-state index in [1.807, 2.05) is 0 Å². The Labute approximate surface area is 368 Å². The molecule has 0 fully saturated rings. The Kier molecular flexibility index (Phi) is 7.80. The van der Waals surface area contributed by atoms with Gasteiger partial charge in [0.25, 0.3) is 0 Å². The quantitative estimate of drug-likeness (QED) is 0.162. The van der Waals surface area contributed by atoms with Crippen molar-refractivity contribution >= 4 is 17.1 Å². The van der Waals surface area contributed by atoms with E-state index in [2.05, 4.69) is 254 Å². The van der Waals surface area contributed by atoms with Gasteiger partial charge in [-0.05, 0) is 125 Å². The Balaban J connectivity index is 1.08. The van der Waals surface area contributed by atoms with E-state index in [9.17, 15) is 0 Å². The summed E-state index contributed by atoms with van der Waals surface area (Å²) in [5.41, 5.74) is 23.0. The highest BCUT2D eigenvalue weighted by atomic mass is 15.1. The lowest BCUT2D eigenvalue weighted by atomic mass is 9.65. The second-order valence-corrected chi connectivity index (χ2v) is 17.1. The Morgan fingerprint density at radius 3 is 1.16 bits per heavy atom. The summed E-state index contributed by atoms with van der Waals surface area (Å²) < 4.78 is 0. The largest absolute Gasteiger partial charge is 0.310 e. The maximum atomic E-state index is 2.59. The third-order valence-electron chi connectivity index (χ3n) is 14.2. The van der Waals surface area contributed by atoms with Crippen LogP contribution in [0.1, 0.15) is 44.5 Å². The summed E-state index contributed by atoms with van der Waals surface area (Å²) in [7, 11) is 0. The van der Waals surface area contributed by atoms with E-state index in [-0.39, 0.29) is 0 Å². The van der Waals surface area contributed by atoms with Crippen molar-refractivity contribution in [1.82, 2.24) is 0 Å². The predicted molar refractivity (Wildman–Crippen MR) is 260 cm³/mol. The Morgan fingerprint density at radius 1 is 0.222 bits per heavy atom. The number of fused-ring (bicyclic) bond motifs is 13. The molecule has 63 heavy (non-hydrogen) atoms. The molecule has 0 N–H and O–H groups in total. The molecule has 1 heteroatoms. The zero-order chi connectivity index (χ0) is 41.5. The highest BCUT2D eigenvalue weighted by Gasteiger charge is 2.53. The molecule has 10 aromatic rings. The van der Waals surface area contributed by atoms with Crippen molar-refractivity contribution in [2.24, 2.45) is 0 Å². The van der Waals surface area contributed by atoms with Crippen LogP contribution in [-0.2, 0) is 10.8 Å². The summed E-state index contributed by atoms with van der Waals surface area (Å²) >= 11 is 0. The first-order valence-corrected chi connectivity index (χ1v) is 22.0. The fraction of sp³-hybridized carbons (Fsp3) is 0.0323. The molecule has 1 nitrogen and oxygen atoms in total. The fourth-order valence-electron chi connectivity index (χ4n) is 11.7. The Morgan fingerprint density at radius 2 is 0.603 bits per heavy atom. The molecule has 0 bridgehead atoms. The summed E-state index contributed by atoms with van der Waals surface area (Å²) in [5, 5.41) is 0. The van der Waals surface area contributed by atoms with E-state index in [4.69, 9.17) is 0 Å². The lowest BCUT2D eigenvalue weighted by Crippen LogP contribution is -2.30. The molecule has 0 amide bonds. The predicted octanol–water partition coefficient (Wildman–Crippen LogP) is 15.5. The summed E-state index contributed by atoms with van der Waals surface area (Å²) in [6, 6.07) is 92.8. The summed E-state index contributed by atoms with van der Waals surface area (Å²) in [5.74, 6) is 0. The van der Waals surface area contributed by atoms with Crippen LogP contribution in [0.5, 0.6) is 0 Å². The van der Waals surface area contributed by atoms with Gasteiger partial charge in [0, 0.05) is 17.1 Å². The minimum absolute atomic E-state index is 0.516. The molecule has 0 saturated heterocycles. The van der Waals surface area contributed by atoms with Crippen LogP contribution in [0.25, 0.3) is 44.5 Å². The smallest absolute Gasteiger partial charge is 0.0726 e. The van der Waals surface area contributed by atoms with Crippen LogP contribution in [0.3, 0.4) is 0 Å². The van der Waals surface area contributed by atoms with Crippen molar-refractivity contribution in [2.75, 3.05) is 4.90 Å². The average Bonchev–Trinajstić information content (AvgIpc) is 3.95. The maximum absolute atomic E-state index is 2.59. The van der Waals surface area contributed by atoms with E-state index >= 15 is 0 Å². The van der Waals surface area contributed by atoms with Crippen LogP contribution >= 0.6 is 0 Å². The van der Waals surface area contributed by atoms with Crippen molar-refractivity contribution in [3.05, 3.63) is 293 Å². The van der Waals surface area contributed by atoms with Crippen LogP contribution in [0.2, 0.25) is 0 Å². The second kappa shape index (κ2) is 13.8. The van der Waals surface area contributed by atoms with Gasteiger partial charge in [-0.1, -0.05) is 212 Å². The van der Waals surface area contributed by atoms with Crippen molar-refractivity contribution < 1.29 is 0 Å². The molecule has 0 radical (unpaired) electrons. The number of benzene rings is 10. The second-order valence-electron chi connectivity index (χ2n) is 17.1. The lowest BCUT2D eigenvalue weighted by molar-refractivity contribution is 0.751. The Bertz CT molecular complexity index is 3290. The van der Waals surface area contributed by atoms with E-state index in [1.54, 1.807) is 0 Å². The van der Waals surface area contributed by atoms with Gasteiger partial charge in [0.1, 0.15) is 0 Å². The molecule has 3 aliphatic carbocycles. The molecule has 0 atom stereocenters. The summed E-state index contributed by atoms with van der Waals surface area (Å²) in [6.07, 6.45) is 0. The third kappa shape index (κ3) is 4.94. The maximum Gasteiger partial charge on any atom is 0.0726 e. The molecule has 0 saturated carbocycles. The summed E-state index contributed by atoms with van der Waals surface area (Å²) in [6.45, 7) is 0. The molecule has 10 aromatic carbocycles. The first-order chi connectivity index (χ1) is 31.3. The van der Waals surface area contributed by atoms with Gasteiger partial charge in [-0.3, -0.25) is 0 Å². The van der Waals surface area contributed by atoms with Crippen LogP contribution < -0.4 is 4.90 Å². The highest BCUT2D eigenvalue weighted by Crippen LogP contribution is 2.65. The molecule has 1 spiro atoms. The molecule has 0 aromatic heterocycles. The number of nitrogens with zero attached hydrogens (tertiary/aromatic N) is 1. The number of anilines is 3. The first-order valence-electron chi connectivity index (χ1n) is 22.0. The van der Waals surface area contributed by atoms with Crippen molar-refractivity contribution in [3.8, 4) is 44.5 Å². The minimum atomic E-state index is -0.557. The molecule has 13 rings (SSSR count). The van der Waals surface area contributed by atoms with Gasteiger partial charge < -0.3 is 4.90 Å². The van der Waals surface area contributed by atoms with Crippen molar-refractivity contribution in [3.63, 3.8) is 0 Å². The SMILES string of the molecule is c1ccc(-c2ccc(N(c3ccccc3)c3ccc4c(c3)C3(c5ccccc5-c5ccccc53)c3cc(C5(c6ccccc6)c6ccccc6-c6ccccc65)ccc3-4)cc2)cc1. The molecule has 0 aliphatic heterocycles. The molecule has 0 heterocycles. The monoisotopic (exact) mass is 799 g/mol. The number of hydrogen-bond donors (Lipinski definition) is 0.